The van der Waals surface area contributed by atoms with Gasteiger partial charge in [0.1, 0.15) is 17.3 Å². The van der Waals surface area contributed by atoms with Gasteiger partial charge in [-0.15, -0.1) is 0 Å². The summed E-state index contributed by atoms with van der Waals surface area (Å²) in [6, 6.07) is 54.2. The van der Waals surface area contributed by atoms with E-state index in [1.165, 1.54) is 5.56 Å². The third-order valence-corrected chi connectivity index (χ3v) is 13.4. The summed E-state index contributed by atoms with van der Waals surface area (Å²) in [5.74, 6) is 2.46. The molecule has 344 valence electrons. The molecule has 70 heavy (non-hydrogen) atoms. The van der Waals surface area contributed by atoms with Crippen LogP contribution in [-0.4, -0.2) is 14.1 Å². The smallest absolute Gasteiger partial charge is 0.269 e. The van der Waals surface area contributed by atoms with E-state index in [0.717, 1.165) is 77.7 Å². The zero-order chi connectivity index (χ0) is 52.7. The van der Waals surface area contributed by atoms with Gasteiger partial charge in [0.25, 0.3) is 6.33 Å². The molecule has 11 aromatic rings. The van der Waals surface area contributed by atoms with Crippen molar-refractivity contribution < 1.29 is 16.2 Å². The summed E-state index contributed by atoms with van der Waals surface area (Å²) in [6.07, 6.45) is 5.66. The number of rotatable bonds is 9. The summed E-state index contributed by atoms with van der Waals surface area (Å²) in [4.78, 5) is 4.86. The molecule has 5 nitrogen and oxygen atoms in total. The van der Waals surface area contributed by atoms with Crippen LogP contribution in [-0.2, 0) is 10.8 Å². The van der Waals surface area contributed by atoms with E-state index in [0.29, 0.717) is 28.7 Å². The van der Waals surface area contributed by atoms with Crippen molar-refractivity contribution in [1.29, 1.82) is 0 Å². The zero-order valence-electron chi connectivity index (χ0n) is 45.9. The van der Waals surface area contributed by atoms with Crippen LogP contribution in [0.25, 0.3) is 83.4 Å². The number of fused-ring (bicyclic) bond motifs is 4. The summed E-state index contributed by atoms with van der Waals surface area (Å²) in [5, 5.41) is 2.22. The molecule has 3 heterocycles. The number of pyridine rings is 1. The van der Waals surface area contributed by atoms with Crippen LogP contribution in [0, 0.1) is 6.33 Å². The molecule has 0 N–H and O–H groups in total. The lowest BCUT2D eigenvalue weighted by Gasteiger charge is -2.27. The summed E-state index contributed by atoms with van der Waals surface area (Å²) in [7, 11) is 0. The van der Waals surface area contributed by atoms with Crippen LogP contribution in [0.5, 0.6) is 11.5 Å². The van der Waals surface area contributed by atoms with Crippen molar-refractivity contribution in [2.75, 3.05) is 0 Å². The van der Waals surface area contributed by atoms with Gasteiger partial charge in [-0.1, -0.05) is 189 Å². The molecule has 3 aromatic heterocycles. The van der Waals surface area contributed by atoms with E-state index in [9.17, 15) is 2.74 Å². The third kappa shape index (κ3) is 8.26. The second kappa shape index (κ2) is 17.5. The maximum Gasteiger partial charge on any atom is 0.269 e. The fourth-order valence-corrected chi connectivity index (χ4v) is 9.53. The summed E-state index contributed by atoms with van der Waals surface area (Å²) < 4.78 is 57.9. The Balaban J connectivity index is 1.13. The van der Waals surface area contributed by atoms with E-state index in [1.807, 2.05) is 76.0 Å². The van der Waals surface area contributed by atoms with Crippen LogP contribution in [0.3, 0.4) is 0 Å². The highest BCUT2D eigenvalue weighted by Gasteiger charge is 2.25. The fourth-order valence-electron chi connectivity index (χ4n) is 9.53. The van der Waals surface area contributed by atoms with Gasteiger partial charge in [-0.05, 0) is 121 Å². The molecule has 5 heteroatoms. The largest absolute Gasteiger partial charge is 0.458 e. The van der Waals surface area contributed by atoms with E-state index in [4.69, 9.17) is 13.8 Å². The Bertz CT molecular complexity index is 3990. The van der Waals surface area contributed by atoms with E-state index in [2.05, 4.69) is 169 Å². The van der Waals surface area contributed by atoms with Crippen LogP contribution in [0.1, 0.15) is 84.9 Å². The Hall–Kier alpha value is -8.02. The van der Waals surface area contributed by atoms with Crippen molar-refractivity contribution in [3.63, 3.8) is 0 Å². The lowest BCUT2D eigenvalue weighted by atomic mass is 9.78. The molecule has 0 atom stereocenters. The standard InChI is InChI=1S/C65H58N4O/c1-43(2)46-33-34-66-62(38-46)69-58-28-16-15-25-56(58)57-31-30-53(41-60(57)69)70-52-24-17-23-51(40-52)67-42-68(59-32-29-47(37-61(59)67)44-19-11-9-12-20-44)63-54(45-21-13-10-14-22-45)26-18-27-55(63)48-35-49(64(3,4)5)39-50(36-48)65(6,7)8/h9-41,43H,1-8H3/i10D,13D,14D,21D,22D. The predicted molar refractivity (Wildman–Crippen MR) is 290 cm³/mol. The van der Waals surface area contributed by atoms with Gasteiger partial charge in [-0.2, -0.15) is 0 Å². The van der Waals surface area contributed by atoms with Crippen LogP contribution < -0.4 is 9.30 Å². The maximum absolute atomic E-state index is 9.32. The Kier molecular flexibility index (Phi) is 9.72. The number of benzene rings is 8. The van der Waals surface area contributed by atoms with Crippen LogP contribution in [0.2, 0.25) is 0 Å². The van der Waals surface area contributed by atoms with Gasteiger partial charge in [-0.25, -0.2) is 4.98 Å². The van der Waals surface area contributed by atoms with Crippen molar-refractivity contribution in [3.05, 3.63) is 223 Å². The number of hydrogen-bond donors (Lipinski definition) is 0. The average Bonchev–Trinajstić information content (AvgIpc) is 3.95. The SMILES string of the molecule is [2H]c1c([2H])c([2H])c(-c2cccc(-c3cc(C(C)(C)C)cc(C(C)(C)C)c3)c2-[n+]2[c-]n(-c3cccc(Oc4ccc5c6ccccc6n(-c6cc(C(C)C)ccn6)c5c4)c3)c3cc(-c4ccccc4)ccc32)c([2H])c1[2H]. The molecule has 0 amide bonds. The molecular formula is C65H58N4O. The number of imidazole rings is 1. The first-order chi connectivity index (χ1) is 35.8. The second-order valence-corrected chi connectivity index (χ2v) is 20.6. The van der Waals surface area contributed by atoms with Gasteiger partial charge in [0.15, 0.2) is 0 Å². The van der Waals surface area contributed by atoms with E-state index in [1.54, 1.807) is 0 Å². The summed E-state index contributed by atoms with van der Waals surface area (Å²) in [5.41, 5.74) is 12.6. The van der Waals surface area contributed by atoms with Crippen molar-refractivity contribution >= 4 is 32.8 Å². The Morgan fingerprint density at radius 1 is 0.557 bits per heavy atom. The molecule has 0 saturated carbocycles. The fraction of sp³-hybridized carbons (Fsp3) is 0.169. The molecule has 11 rings (SSSR count). The van der Waals surface area contributed by atoms with E-state index in [-0.39, 0.29) is 28.5 Å². The zero-order valence-corrected chi connectivity index (χ0v) is 40.9. The number of aromatic nitrogens is 4. The van der Waals surface area contributed by atoms with Crippen molar-refractivity contribution in [3.8, 4) is 62.1 Å². The second-order valence-electron chi connectivity index (χ2n) is 20.6. The average molecular weight is 916 g/mol. The Labute approximate surface area is 419 Å². The van der Waals surface area contributed by atoms with Gasteiger partial charge in [0.05, 0.1) is 40.3 Å². The van der Waals surface area contributed by atoms with Crippen molar-refractivity contribution in [2.45, 2.75) is 72.1 Å². The molecule has 0 radical (unpaired) electrons. The quantitative estimate of drug-likeness (QED) is 0.107. The van der Waals surface area contributed by atoms with Gasteiger partial charge >= 0.3 is 0 Å². The minimum absolute atomic E-state index is 0.110. The molecule has 0 fully saturated rings. The number of hydrogen-bond acceptors (Lipinski definition) is 2. The first-order valence-corrected chi connectivity index (χ1v) is 24.1. The molecule has 0 aliphatic carbocycles. The van der Waals surface area contributed by atoms with E-state index >= 15 is 0 Å². The highest BCUT2D eigenvalue weighted by atomic mass is 16.5. The summed E-state index contributed by atoms with van der Waals surface area (Å²) in [6.45, 7) is 17.7. The lowest BCUT2D eigenvalue weighted by molar-refractivity contribution is -0.571. The van der Waals surface area contributed by atoms with E-state index < -0.39 is 18.1 Å². The summed E-state index contributed by atoms with van der Waals surface area (Å²) >= 11 is 0. The topological polar surface area (TPSA) is 35.9 Å². The third-order valence-electron chi connectivity index (χ3n) is 13.4. The molecule has 0 bridgehead atoms. The first kappa shape index (κ1) is 38.9. The first-order valence-electron chi connectivity index (χ1n) is 26.6. The molecule has 0 unspecified atom stereocenters. The number of ether oxygens (including phenoxy) is 1. The van der Waals surface area contributed by atoms with Crippen LogP contribution >= 0.6 is 0 Å². The van der Waals surface area contributed by atoms with Crippen molar-refractivity contribution in [2.24, 2.45) is 0 Å². The van der Waals surface area contributed by atoms with Crippen molar-refractivity contribution in [1.82, 2.24) is 14.1 Å². The monoisotopic (exact) mass is 915 g/mol. The predicted octanol–water partition coefficient (Wildman–Crippen LogP) is 16.7. The number of nitrogens with zero attached hydrogens (tertiary/aromatic N) is 4. The van der Waals surface area contributed by atoms with Gasteiger partial charge in [0.2, 0.25) is 0 Å². The normalized spacial score (nSPS) is 13.1. The maximum atomic E-state index is 9.32. The highest BCUT2D eigenvalue weighted by Crippen LogP contribution is 2.40. The molecular weight excluding hydrogens is 853 g/mol. The molecule has 8 aromatic carbocycles. The molecule has 0 spiro atoms. The van der Waals surface area contributed by atoms with Crippen LogP contribution in [0.15, 0.2) is 200 Å². The molecule has 0 aliphatic rings. The van der Waals surface area contributed by atoms with Crippen LogP contribution in [0.4, 0.5) is 0 Å². The van der Waals surface area contributed by atoms with Gasteiger partial charge in [-0.3, -0.25) is 13.7 Å². The minimum Gasteiger partial charge on any atom is -0.458 e. The molecule has 0 aliphatic heterocycles. The van der Waals surface area contributed by atoms with Gasteiger partial charge in [0, 0.05) is 23.0 Å². The lowest BCUT2D eigenvalue weighted by Crippen LogP contribution is -2.31. The number of para-hydroxylation sites is 2. The Morgan fingerprint density at radius 3 is 1.99 bits per heavy atom. The van der Waals surface area contributed by atoms with Gasteiger partial charge < -0.3 is 4.74 Å². The highest BCUT2D eigenvalue weighted by molar-refractivity contribution is 6.09. The minimum atomic E-state index is -0.443. The Morgan fingerprint density at radius 2 is 1.24 bits per heavy atom. The molecule has 0 saturated heterocycles.